The summed E-state index contributed by atoms with van der Waals surface area (Å²) in [5.41, 5.74) is 3.01. The predicted molar refractivity (Wildman–Crippen MR) is 75.9 cm³/mol. The van der Waals surface area contributed by atoms with E-state index in [0.29, 0.717) is 6.54 Å². The first-order valence-electron chi connectivity index (χ1n) is 6.44. The molecule has 2 rings (SSSR count). The number of nitrogens with zero attached hydrogens (tertiary/aromatic N) is 2. The largest absolute Gasteiger partial charge is 0.337 e. The van der Waals surface area contributed by atoms with Gasteiger partial charge in [0.2, 0.25) is 0 Å². The maximum absolute atomic E-state index is 12.3. The van der Waals surface area contributed by atoms with Gasteiger partial charge in [-0.25, -0.2) is 0 Å². The van der Waals surface area contributed by atoms with Gasteiger partial charge in [-0.2, -0.15) is 0 Å². The van der Waals surface area contributed by atoms with Gasteiger partial charge in [-0.15, -0.1) is 0 Å². The second kappa shape index (κ2) is 6.14. The van der Waals surface area contributed by atoms with Gasteiger partial charge in [-0.05, 0) is 41.8 Å². The zero-order chi connectivity index (χ0) is 13.7. The number of aromatic nitrogens is 1. The maximum atomic E-state index is 12.3. The summed E-state index contributed by atoms with van der Waals surface area (Å²) in [6.45, 7) is 2.68. The molecule has 0 unspecified atom stereocenters. The SMILES string of the molecule is CCc1cccc(C(=O)N(C)Cc2ccncc2)c1. The normalized spacial score (nSPS) is 10.2. The summed E-state index contributed by atoms with van der Waals surface area (Å²) in [5, 5.41) is 0. The highest BCUT2D eigenvalue weighted by atomic mass is 16.2. The number of rotatable bonds is 4. The number of aryl methyl sites for hydroxylation is 1. The molecule has 1 aromatic heterocycles. The highest BCUT2D eigenvalue weighted by molar-refractivity contribution is 5.94. The standard InChI is InChI=1S/C16H18N2O/c1-3-13-5-4-6-15(11-13)16(19)18(2)12-14-7-9-17-10-8-14/h4-11H,3,12H2,1-2H3. The minimum atomic E-state index is 0.0483. The van der Waals surface area contributed by atoms with Gasteiger partial charge in [-0.3, -0.25) is 9.78 Å². The lowest BCUT2D eigenvalue weighted by molar-refractivity contribution is 0.0785. The van der Waals surface area contributed by atoms with Gasteiger partial charge in [0.1, 0.15) is 0 Å². The van der Waals surface area contributed by atoms with Crippen LogP contribution in [0, 0.1) is 0 Å². The molecule has 0 bridgehead atoms. The Morgan fingerprint density at radius 3 is 2.58 bits per heavy atom. The molecule has 1 amide bonds. The van der Waals surface area contributed by atoms with Crippen LogP contribution in [0.1, 0.15) is 28.4 Å². The molecule has 3 heteroatoms. The molecule has 1 aromatic carbocycles. The van der Waals surface area contributed by atoms with Gasteiger partial charge in [0.15, 0.2) is 0 Å². The van der Waals surface area contributed by atoms with Crippen molar-refractivity contribution in [1.29, 1.82) is 0 Å². The zero-order valence-corrected chi connectivity index (χ0v) is 11.3. The number of carbonyl (C=O) groups excluding carboxylic acids is 1. The van der Waals surface area contributed by atoms with E-state index in [1.54, 1.807) is 17.3 Å². The summed E-state index contributed by atoms with van der Waals surface area (Å²) >= 11 is 0. The second-order valence-electron chi connectivity index (χ2n) is 4.57. The van der Waals surface area contributed by atoms with Crippen molar-refractivity contribution in [2.75, 3.05) is 7.05 Å². The quantitative estimate of drug-likeness (QED) is 0.840. The van der Waals surface area contributed by atoms with Crippen molar-refractivity contribution >= 4 is 5.91 Å². The Labute approximate surface area is 113 Å². The Morgan fingerprint density at radius 2 is 1.89 bits per heavy atom. The van der Waals surface area contributed by atoms with Crippen molar-refractivity contribution in [2.45, 2.75) is 19.9 Å². The van der Waals surface area contributed by atoms with E-state index in [4.69, 9.17) is 0 Å². The van der Waals surface area contributed by atoms with Crippen molar-refractivity contribution in [1.82, 2.24) is 9.88 Å². The smallest absolute Gasteiger partial charge is 0.253 e. The van der Waals surface area contributed by atoms with Crippen molar-refractivity contribution in [3.63, 3.8) is 0 Å². The van der Waals surface area contributed by atoms with Gasteiger partial charge in [0.25, 0.3) is 5.91 Å². The Morgan fingerprint density at radius 1 is 1.16 bits per heavy atom. The molecule has 19 heavy (non-hydrogen) atoms. The third kappa shape index (κ3) is 3.41. The molecule has 1 heterocycles. The summed E-state index contributed by atoms with van der Waals surface area (Å²) in [6, 6.07) is 11.7. The molecule has 0 N–H and O–H groups in total. The van der Waals surface area contributed by atoms with Crippen LogP contribution in [-0.2, 0) is 13.0 Å². The first kappa shape index (κ1) is 13.3. The van der Waals surface area contributed by atoms with Crippen LogP contribution < -0.4 is 0 Å². The van der Waals surface area contributed by atoms with E-state index >= 15 is 0 Å². The van der Waals surface area contributed by atoms with Crippen LogP contribution in [0.2, 0.25) is 0 Å². The summed E-state index contributed by atoms with van der Waals surface area (Å²) in [7, 11) is 1.82. The van der Waals surface area contributed by atoms with Crippen LogP contribution in [0.3, 0.4) is 0 Å². The predicted octanol–water partition coefficient (Wildman–Crippen LogP) is 2.92. The van der Waals surface area contributed by atoms with Crippen LogP contribution in [0.15, 0.2) is 48.8 Å². The summed E-state index contributed by atoms with van der Waals surface area (Å²) in [5.74, 6) is 0.0483. The molecule has 0 radical (unpaired) electrons. The first-order valence-corrected chi connectivity index (χ1v) is 6.44. The van der Waals surface area contributed by atoms with Crippen molar-refractivity contribution in [3.8, 4) is 0 Å². The lowest BCUT2D eigenvalue weighted by atomic mass is 10.1. The van der Waals surface area contributed by atoms with Crippen LogP contribution in [0.5, 0.6) is 0 Å². The fraction of sp³-hybridized carbons (Fsp3) is 0.250. The Kier molecular flexibility index (Phi) is 4.29. The van der Waals surface area contributed by atoms with Crippen molar-refractivity contribution in [3.05, 3.63) is 65.5 Å². The van der Waals surface area contributed by atoms with E-state index in [1.807, 2.05) is 43.4 Å². The maximum Gasteiger partial charge on any atom is 0.253 e. The van der Waals surface area contributed by atoms with Crippen LogP contribution in [-0.4, -0.2) is 22.8 Å². The molecule has 2 aromatic rings. The molecular weight excluding hydrogens is 236 g/mol. The Bertz CT molecular complexity index is 552. The highest BCUT2D eigenvalue weighted by Crippen LogP contribution is 2.10. The van der Waals surface area contributed by atoms with Crippen LogP contribution >= 0.6 is 0 Å². The van der Waals surface area contributed by atoms with Crippen molar-refractivity contribution in [2.24, 2.45) is 0 Å². The number of benzene rings is 1. The number of carbonyl (C=O) groups is 1. The van der Waals surface area contributed by atoms with E-state index < -0.39 is 0 Å². The van der Waals surface area contributed by atoms with Gasteiger partial charge < -0.3 is 4.90 Å². The third-order valence-electron chi connectivity index (χ3n) is 3.10. The average molecular weight is 254 g/mol. The van der Waals surface area contributed by atoms with E-state index in [2.05, 4.69) is 11.9 Å². The molecule has 0 fully saturated rings. The molecule has 98 valence electrons. The minimum absolute atomic E-state index is 0.0483. The number of amides is 1. The van der Waals surface area contributed by atoms with E-state index in [0.717, 1.165) is 17.5 Å². The van der Waals surface area contributed by atoms with Crippen LogP contribution in [0.25, 0.3) is 0 Å². The van der Waals surface area contributed by atoms with Crippen molar-refractivity contribution < 1.29 is 4.79 Å². The van der Waals surface area contributed by atoms with E-state index in [-0.39, 0.29) is 5.91 Å². The molecule has 0 aliphatic heterocycles. The molecule has 0 atom stereocenters. The Hall–Kier alpha value is -2.16. The number of hydrogen-bond donors (Lipinski definition) is 0. The lowest BCUT2D eigenvalue weighted by Crippen LogP contribution is -2.26. The lowest BCUT2D eigenvalue weighted by Gasteiger charge is -2.17. The molecule has 0 saturated carbocycles. The van der Waals surface area contributed by atoms with E-state index in [9.17, 15) is 4.79 Å². The Balaban J connectivity index is 2.10. The average Bonchev–Trinajstić information content (AvgIpc) is 2.47. The van der Waals surface area contributed by atoms with Gasteiger partial charge >= 0.3 is 0 Å². The van der Waals surface area contributed by atoms with Gasteiger partial charge in [0, 0.05) is 31.5 Å². The monoisotopic (exact) mass is 254 g/mol. The van der Waals surface area contributed by atoms with E-state index in [1.165, 1.54) is 5.56 Å². The topological polar surface area (TPSA) is 33.2 Å². The first-order chi connectivity index (χ1) is 9.20. The van der Waals surface area contributed by atoms with Gasteiger partial charge in [0.05, 0.1) is 0 Å². The number of pyridine rings is 1. The summed E-state index contributed by atoms with van der Waals surface area (Å²) in [6.07, 6.45) is 4.42. The minimum Gasteiger partial charge on any atom is -0.337 e. The molecule has 0 aliphatic carbocycles. The van der Waals surface area contributed by atoms with Gasteiger partial charge in [-0.1, -0.05) is 19.1 Å². The fourth-order valence-electron chi connectivity index (χ4n) is 1.98. The number of hydrogen-bond acceptors (Lipinski definition) is 2. The molecule has 0 aliphatic rings. The highest BCUT2D eigenvalue weighted by Gasteiger charge is 2.12. The zero-order valence-electron chi connectivity index (χ0n) is 11.3. The second-order valence-corrected chi connectivity index (χ2v) is 4.57. The fourth-order valence-corrected chi connectivity index (χ4v) is 1.98. The molecule has 0 saturated heterocycles. The molecule has 0 spiro atoms. The summed E-state index contributed by atoms with van der Waals surface area (Å²) < 4.78 is 0. The van der Waals surface area contributed by atoms with Crippen LogP contribution in [0.4, 0.5) is 0 Å². The third-order valence-corrected chi connectivity index (χ3v) is 3.10. The molecule has 3 nitrogen and oxygen atoms in total. The molecular formula is C16H18N2O. The summed E-state index contributed by atoms with van der Waals surface area (Å²) in [4.78, 5) is 18.0.